The van der Waals surface area contributed by atoms with Crippen molar-refractivity contribution in [3.05, 3.63) is 0 Å². The lowest BCUT2D eigenvalue weighted by molar-refractivity contribution is 0.110. The zero-order valence-corrected chi connectivity index (χ0v) is 8.88. The molecule has 2 aliphatic rings. The van der Waals surface area contributed by atoms with Crippen molar-refractivity contribution < 1.29 is 18.3 Å². The second-order valence-electron chi connectivity index (χ2n) is 4.01. The molecule has 7 nitrogen and oxygen atoms in total. The van der Waals surface area contributed by atoms with Gasteiger partial charge in [-0.2, -0.15) is 13.1 Å². The Balaban J connectivity index is 2.14. The van der Waals surface area contributed by atoms with Crippen LogP contribution in [0, 0.1) is 0 Å². The lowest BCUT2D eigenvalue weighted by atomic mass is 9.90. The van der Waals surface area contributed by atoms with Gasteiger partial charge in [0.1, 0.15) is 0 Å². The predicted octanol–water partition coefficient (Wildman–Crippen LogP) is -1.06. The minimum atomic E-state index is -3.42. The van der Waals surface area contributed by atoms with Crippen molar-refractivity contribution >= 4 is 16.3 Å². The molecule has 2 saturated heterocycles. The van der Waals surface area contributed by atoms with Crippen LogP contribution in [0.15, 0.2) is 0 Å². The average molecular weight is 235 g/mol. The van der Waals surface area contributed by atoms with Gasteiger partial charge < -0.3 is 10.0 Å². The fourth-order valence-electron chi connectivity index (χ4n) is 2.11. The van der Waals surface area contributed by atoms with Crippen molar-refractivity contribution in [3.8, 4) is 0 Å². The maximum absolute atomic E-state index is 11.2. The Morgan fingerprint density at radius 3 is 2.73 bits per heavy atom. The number of hydrogen-bond donors (Lipinski definition) is 3. The number of hydrogen-bond acceptors (Lipinski definition) is 3. The van der Waals surface area contributed by atoms with Gasteiger partial charge in [-0.05, 0) is 12.8 Å². The van der Waals surface area contributed by atoms with Crippen LogP contribution in [-0.2, 0) is 10.2 Å². The van der Waals surface area contributed by atoms with Crippen LogP contribution in [0.1, 0.15) is 12.8 Å². The number of rotatable bonds is 0. The van der Waals surface area contributed by atoms with Crippen molar-refractivity contribution in [2.45, 2.75) is 18.4 Å². The van der Waals surface area contributed by atoms with E-state index >= 15 is 0 Å². The first kappa shape index (κ1) is 10.7. The van der Waals surface area contributed by atoms with Crippen molar-refractivity contribution in [1.82, 2.24) is 14.3 Å². The number of piperidine rings is 1. The highest BCUT2D eigenvalue weighted by Crippen LogP contribution is 2.24. The van der Waals surface area contributed by atoms with Crippen LogP contribution in [0.4, 0.5) is 4.79 Å². The Morgan fingerprint density at radius 1 is 1.47 bits per heavy atom. The van der Waals surface area contributed by atoms with Gasteiger partial charge in [-0.25, -0.2) is 9.52 Å². The topological polar surface area (TPSA) is 98.7 Å². The maximum Gasteiger partial charge on any atom is 0.407 e. The number of amides is 1. The van der Waals surface area contributed by atoms with Gasteiger partial charge in [-0.3, -0.25) is 0 Å². The Hall–Kier alpha value is -0.860. The molecule has 8 heteroatoms. The summed E-state index contributed by atoms with van der Waals surface area (Å²) in [5.41, 5.74) is -0.643. The summed E-state index contributed by atoms with van der Waals surface area (Å²) in [6.07, 6.45) is 0.347. The van der Waals surface area contributed by atoms with E-state index in [1.165, 1.54) is 4.90 Å². The Labute approximate surface area is 87.6 Å². The van der Waals surface area contributed by atoms with E-state index in [4.69, 9.17) is 5.11 Å². The molecular weight excluding hydrogens is 222 g/mol. The molecule has 0 saturated carbocycles. The summed E-state index contributed by atoms with van der Waals surface area (Å²) in [6.45, 7) is 0.951. The minimum absolute atomic E-state index is 0.217. The molecule has 2 aliphatic heterocycles. The second-order valence-corrected chi connectivity index (χ2v) is 5.51. The highest BCUT2D eigenvalue weighted by Gasteiger charge is 2.45. The van der Waals surface area contributed by atoms with Gasteiger partial charge in [0.15, 0.2) is 0 Å². The number of carboxylic acid groups (broad SMARTS) is 1. The largest absolute Gasteiger partial charge is 0.465 e. The van der Waals surface area contributed by atoms with Gasteiger partial charge in [0, 0.05) is 19.6 Å². The third kappa shape index (κ3) is 2.06. The Bertz CT molecular complexity index is 382. The van der Waals surface area contributed by atoms with Crippen molar-refractivity contribution in [3.63, 3.8) is 0 Å². The summed E-state index contributed by atoms with van der Waals surface area (Å²) >= 11 is 0. The average Bonchev–Trinajstić information content (AvgIpc) is 2.42. The minimum Gasteiger partial charge on any atom is -0.465 e. The molecule has 0 aliphatic carbocycles. The van der Waals surface area contributed by atoms with E-state index in [0.717, 1.165) is 0 Å². The first-order valence-electron chi connectivity index (χ1n) is 4.69. The zero-order chi connectivity index (χ0) is 11.1. The van der Waals surface area contributed by atoms with E-state index < -0.39 is 21.8 Å². The summed E-state index contributed by atoms with van der Waals surface area (Å²) in [4.78, 5) is 12.0. The fourth-order valence-corrected chi connectivity index (χ4v) is 3.46. The van der Waals surface area contributed by atoms with Crippen molar-refractivity contribution in [2.75, 3.05) is 19.6 Å². The van der Waals surface area contributed by atoms with Crippen LogP contribution in [0.2, 0.25) is 0 Å². The van der Waals surface area contributed by atoms with E-state index in [1.807, 2.05) is 0 Å². The molecule has 3 N–H and O–H groups in total. The number of likely N-dealkylation sites (tertiary alicyclic amines) is 1. The van der Waals surface area contributed by atoms with Crippen LogP contribution in [0.5, 0.6) is 0 Å². The molecule has 86 valence electrons. The molecule has 2 fully saturated rings. The molecule has 15 heavy (non-hydrogen) atoms. The smallest absolute Gasteiger partial charge is 0.407 e. The predicted molar refractivity (Wildman–Crippen MR) is 51.6 cm³/mol. The molecule has 2 rings (SSSR count). The molecule has 1 amide bonds. The lowest BCUT2D eigenvalue weighted by Crippen LogP contribution is -2.57. The molecule has 1 unspecified atom stereocenters. The van der Waals surface area contributed by atoms with Gasteiger partial charge in [-0.15, -0.1) is 0 Å². The molecular formula is C7H13N3O4S. The molecule has 0 aromatic rings. The number of carbonyl (C=O) groups is 1. The Morgan fingerprint density at radius 2 is 2.20 bits per heavy atom. The van der Waals surface area contributed by atoms with Crippen molar-refractivity contribution in [2.24, 2.45) is 0 Å². The van der Waals surface area contributed by atoms with Crippen LogP contribution in [-0.4, -0.2) is 49.7 Å². The zero-order valence-electron chi connectivity index (χ0n) is 8.06. The molecule has 2 heterocycles. The first-order valence-corrected chi connectivity index (χ1v) is 6.17. The molecule has 1 atom stereocenters. The molecule has 0 aromatic carbocycles. The summed E-state index contributed by atoms with van der Waals surface area (Å²) in [7, 11) is -3.42. The van der Waals surface area contributed by atoms with Gasteiger partial charge in [0.2, 0.25) is 0 Å². The fraction of sp³-hybridized carbons (Fsp3) is 0.857. The molecule has 1 spiro atoms. The summed E-state index contributed by atoms with van der Waals surface area (Å²) in [5.74, 6) is 0. The van der Waals surface area contributed by atoms with E-state index in [-0.39, 0.29) is 13.1 Å². The van der Waals surface area contributed by atoms with Crippen LogP contribution < -0.4 is 9.44 Å². The molecule has 0 aromatic heterocycles. The Kier molecular flexibility index (Phi) is 2.36. The molecule has 0 bridgehead atoms. The van der Waals surface area contributed by atoms with E-state index in [0.29, 0.717) is 19.4 Å². The third-order valence-corrected chi connectivity index (χ3v) is 4.02. The standard InChI is InChI=1S/C7H13N3O4S/c11-6(12)10-3-1-2-7(5-10)4-8-15(13,14)9-7/h8-9H,1-5H2,(H,11,12). The van der Waals surface area contributed by atoms with E-state index in [2.05, 4.69) is 9.44 Å². The van der Waals surface area contributed by atoms with E-state index in [9.17, 15) is 13.2 Å². The van der Waals surface area contributed by atoms with E-state index in [1.54, 1.807) is 0 Å². The summed E-state index contributed by atoms with van der Waals surface area (Å²) in [6, 6.07) is 0. The summed E-state index contributed by atoms with van der Waals surface area (Å²) < 4.78 is 27.2. The number of nitrogens with zero attached hydrogens (tertiary/aromatic N) is 1. The van der Waals surface area contributed by atoms with Crippen LogP contribution >= 0.6 is 0 Å². The number of nitrogens with one attached hydrogen (secondary N) is 2. The van der Waals surface area contributed by atoms with Gasteiger partial charge >= 0.3 is 6.09 Å². The SMILES string of the molecule is O=C(O)N1CCCC2(CNS(=O)(=O)N2)C1. The normalized spacial score (nSPS) is 34.5. The highest BCUT2D eigenvalue weighted by molar-refractivity contribution is 7.87. The van der Waals surface area contributed by atoms with Gasteiger partial charge in [-0.1, -0.05) is 0 Å². The van der Waals surface area contributed by atoms with Crippen molar-refractivity contribution in [1.29, 1.82) is 0 Å². The maximum atomic E-state index is 11.2. The summed E-state index contributed by atoms with van der Waals surface area (Å²) in [5, 5.41) is 8.84. The van der Waals surface area contributed by atoms with Gasteiger partial charge in [0.25, 0.3) is 10.2 Å². The monoisotopic (exact) mass is 235 g/mol. The van der Waals surface area contributed by atoms with Crippen LogP contribution in [0.25, 0.3) is 0 Å². The van der Waals surface area contributed by atoms with Gasteiger partial charge in [0.05, 0.1) is 5.54 Å². The quantitative estimate of drug-likeness (QED) is 0.498. The highest BCUT2D eigenvalue weighted by atomic mass is 32.2. The molecule has 0 radical (unpaired) electrons. The van der Waals surface area contributed by atoms with Crippen LogP contribution in [0.3, 0.4) is 0 Å². The lowest BCUT2D eigenvalue weighted by Gasteiger charge is -2.37. The second kappa shape index (κ2) is 3.32. The third-order valence-electron chi connectivity index (χ3n) is 2.80. The first-order chi connectivity index (χ1) is 6.93.